The Bertz CT molecular complexity index is 2010. The van der Waals surface area contributed by atoms with Crippen molar-refractivity contribution in [3.05, 3.63) is 83.1 Å². The van der Waals surface area contributed by atoms with E-state index in [-0.39, 0.29) is 17.2 Å². The van der Waals surface area contributed by atoms with Gasteiger partial charge in [-0.15, -0.1) is 22.7 Å². The Morgan fingerprint density at radius 1 is 1.05 bits per heavy atom. The van der Waals surface area contributed by atoms with E-state index in [1.807, 2.05) is 18.2 Å². The van der Waals surface area contributed by atoms with E-state index >= 15 is 0 Å². The molecular formula is C25H19Br4N7O3S2. The third kappa shape index (κ3) is 6.17. The molecule has 16 heteroatoms. The molecule has 0 unspecified atom stereocenters. The van der Waals surface area contributed by atoms with Gasteiger partial charge in [0.2, 0.25) is 5.95 Å². The summed E-state index contributed by atoms with van der Waals surface area (Å²) in [5.41, 5.74) is 7.75. The van der Waals surface area contributed by atoms with Crippen LogP contribution in [0.5, 0.6) is 0 Å². The molecule has 4 aromatic heterocycles. The molecule has 6 rings (SSSR count). The van der Waals surface area contributed by atoms with Crippen LogP contribution in [0.1, 0.15) is 24.0 Å². The molecule has 0 aliphatic carbocycles. The lowest BCUT2D eigenvalue weighted by atomic mass is 10.1. The van der Waals surface area contributed by atoms with Crippen LogP contribution in [0.15, 0.2) is 55.2 Å². The number of thiophene rings is 2. The van der Waals surface area contributed by atoms with Gasteiger partial charge in [0.15, 0.2) is 0 Å². The summed E-state index contributed by atoms with van der Waals surface area (Å²) in [6.07, 6.45) is 1.92. The number of nitrogens with two attached hydrogens (primary N) is 1. The fourth-order valence-corrected chi connectivity index (χ4v) is 8.73. The van der Waals surface area contributed by atoms with Gasteiger partial charge in [0.1, 0.15) is 14.9 Å². The molecule has 1 saturated heterocycles. The Labute approximate surface area is 273 Å². The zero-order valence-corrected chi connectivity index (χ0v) is 28.8. The van der Waals surface area contributed by atoms with Crippen molar-refractivity contribution < 1.29 is 0 Å². The van der Waals surface area contributed by atoms with Gasteiger partial charge in [0.25, 0.3) is 11.1 Å². The monoisotopic (exact) mass is 845 g/mol. The number of nitrogens with zero attached hydrogens (tertiary/aromatic N) is 4. The third-order valence-corrected chi connectivity index (χ3v) is 13.2. The minimum Gasteiger partial charge on any atom is -0.341 e. The van der Waals surface area contributed by atoms with Gasteiger partial charge in [-0.2, -0.15) is 5.26 Å². The van der Waals surface area contributed by atoms with Crippen molar-refractivity contribution in [1.82, 2.24) is 19.5 Å². The highest BCUT2D eigenvalue weighted by Crippen LogP contribution is 2.38. The Balaban J connectivity index is 0.000000216. The predicted molar refractivity (Wildman–Crippen MR) is 177 cm³/mol. The maximum atomic E-state index is 13.4. The summed E-state index contributed by atoms with van der Waals surface area (Å²) in [4.78, 5) is 47.2. The van der Waals surface area contributed by atoms with Gasteiger partial charge in [0, 0.05) is 19.1 Å². The molecule has 4 N–H and O–H groups in total. The molecular weight excluding hydrogens is 830 g/mol. The molecule has 10 nitrogen and oxygen atoms in total. The Hall–Kier alpha value is -2.13. The largest absolute Gasteiger partial charge is 0.341 e. The predicted octanol–water partition coefficient (Wildman–Crippen LogP) is 5.63. The number of piperidine rings is 1. The van der Waals surface area contributed by atoms with Crippen molar-refractivity contribution >= 4 is 113 Å². The zero-order valence-electron chi connectivity index (χ0n) is 20.8. The number of halogens is 4. The highest BCUT2D eigenvalue weighted by molar-refractivity contribution is 9.14. The number of nitrogens with one attached hydrogen (secondary N) is 2. The van der Waals surface area contributed by atoms with Gasteiger partial charge >= 0.3 is 5.69 Å². The van der Waals surface area contributed by atoms with E-state index in [0.717, 1.165) is 37.0 Å². The van der Waals surface area contributed by atoms with Crippen molar-refractivity contribution in [3.8, 4) is 6.07 Å². The Morgan fingerprint density at radius 3 is 2.49 bits per heavy atom. The number of fused-ring (bicyclic) bond motifs is 2. The molecule has 0 saturated carbocycles. The Morgan fingerprint density at radius 2 is 1.76 bits per heavy atom. The van der Waals surface area contributed by atoms with Gasteiger partial charge in [-0.25, -0.2) is 9.78 Å². The van der Waals surface area contributed by atoms with Crippen LogP contribution < -0.4 is 27.4 Å². The standard InChI is InChI=1S/C19H17Br2N5OS.C6H2Br2N2O2S/c20-14-15-16(28-17(14)21)18(27)26(9-12-5-2-1-4-11(12)8-22)19(24-15)25-7-3-6-13(23)10-25;7-1-2-3(13-4(1)8)5(11)10-6(12)9-2/h1-2,4-5,13H,3,6-7,9-10,23H2;(H2,9,10,11,12)/t13-;/m1./s1. The minimum absolute atomic E-state index is 0.0545. The third-order valence-electron chi connectivity index (χ3n) is 6.37. The van der Waals surface area contributed by atoms with Crippen molar-refractivity contribution in [2.24, 2.45) is 5.73 Å². The molecule has 1 aliphatic heterocycles. The first kappa shape index (κ1) is 30.3. The van der Waals surface area contributed by atoms with E-state index in [1.54, 1.807) is 10.6 Å². The molecule has 0 amide bonds. The summed E-state index contributed by atoms with van der Waals surface area (Å²) in [6.45, 7) is 1.74. The number of benzene rings is 1. The van der Waals surface area contributed by atoms with Crippen LogP contribution >= 0.6 is 86.4 Å². The van der Waals surface area contributed by atoms with E-state index in [1.165, 1.54) is 22.7 Å². The molecule has 41 heavy (non-hydrogen) atoms. The van der Waals surface area contributed by atoms with E-state index < -0.39 is 5.69 Å². The van der Waals surface area contributed by atoms with E-state index in [0.29, 0.717) is 49.5 Å². The molecule has 0 bridgehead atoms. The van der Waals surface area contributed by atoms with Crippen LogP contribution in [0.2, 0.25) is 0 Å². The second kappa shape index (κ2) is 12.6. The van der Waals surface area contributed by atoms with Crippen molar-refractivity contribution in [3.63, 3.8) is 0 Å². The van der Waals surface area contributed by atoms with Crippen molar-refractivity contribution in [1.29, 1.82) is 5.26 Å². The van der Waals surface area contributed by atoms with Crippen LogP contribution in [-0.4, -0.2) is 38.7 Å². The highest BCUT2D eigenvalue weighted by atomic mass is 79.9. The number of nitriles is 1. The molecule has 0 radical (unpaired) electrons. The van der Waals surface area contributed by atoms with Crippen LogP contribution in [0.4, 0.5) is 5.95 Å². The first-order chi connectivity index (χ1) is 19.6. The number of aromatic amines is 2. The number of aromatic nitrogens is 4. The fraction of sp³-hybridized carbons (Fsp3) is 0.240. The number of hydrogen-bond donors (Lipinski definition) is 3. The molecule has 0 spiro atoms. The second-order valence-corrected chi connectivity index (χ2v) is 15.4. The summed E-state index contributed by atoms with van der Waals surface area (Å²) >= 11 is 16.2. The lowest BCUT2D eigenvalue weighted by molar-refractivity contribution is 0.492. The summed E-state index contributed by atoms with van der Waals surface area (Å²) in [5.74, 6) is 0.603. The SMILES string of the molecule is N#Cc1ccccc1Cn1c(N2CCC[C@@H](N)C2)nc2c(Br)c(Br)sc2c1=O.O=c1[nH]c(=O)c2sc(Br)c(Br)c2[nH]1. The molecule has 1 aliphatic rings. The first-order valence-corrected chi connectivity index (χ1v) is 16.9. The highest BCUT2D eigenvalue weighted by Gasteiger charge is 2.25. The zero-order chi connectivity index (χ0) is 29.4. The normalized spacial score (nSPS) is 15.1. The molecule has 1 fully saturated rings. The number of rotatable bonds is 3. The van der Waals surface area contributed by atoms with Crippen molar-refractivity contribution in [2.75, 3.05) is 18.0 Å². The van der Waals surface area contributed by atoms with Gasteiger partial charge in [0.05, 0.1) is 40.2 Å². The average molecular weight is 849 g/mol. The lowest BCUT2D eigenvalue weighted by Gasteiger charge is -2.33. The molecule has 5 heterocycles. The smallest absolute Gasteiger partial charge is 0.326 e. The van der Waals surface area contributed by atoms with Crippen LogP contribution in [0.3, 0.4) is 0 Å². The summed E-state index contributed by atoms with van der Waals surface area (Å²) < 4.78 is 5.87. The molecule has 5 aromatic rings. The Kier molecular flexibility index (Phi) is 9.34. The number of H-pyrrole nitrogens is 2. The molecule has 1 atom stereocenters. The maximum absolute atomic E-state index is 13.4. The second-order valence-electron chi connectivity index (χ2n) is 9.09. The summed E-state index contributed by atoms with van der Waals surface area (Å²) in [7, 11) is 0. The van der Waals surface area contributed by atoms with Gasteiger partial charge in [-0.1, -0.05) is 18.2 Å². The van der Waals surface area contributed by atoms with E-state index in [4.69, 9.17) is 10.7 Å². The minimum atomic E-state index is -0.497. The van der Waals surface area contributed by atoms with Gasteiger partial charge in [-0.05, 0) is 88.2 Å². The molecule has 1 aromatic carbocycles. The maximum Gasteiger partial charge on any atom is 0.326 e. The van der Waals surface area contributed by atoms with Gasteiger partial charge < -0.3 is 15.6 Å². The average Bonchev–Trinajstić information content (AvgIpc) is 3.40. The van der Waals surface area contributed by atoms with Crippen LogP contribution in [-0.2, 0) is 6.54 Å². The fourth-order valence-electron chi connectivity index (χ4n) is 4.47. The van der Waals surface area contributed by atoms with E-state index in [2.05, 4.69) is 84.7 Å². The topological polar surface area (TPSA) is 154 Å². The molecule has 212 valence electrons. The van der Waals surface area contributed by atoms with E-state index in [9.17, 15) is 19.6 Å². The van der Waals surface area contributed by atoms with Gasteiger partial charge in [-0.3, -0.25) is 19.1 Å². The van der Waals surface area contributed by atoms with Crippen molar-refractivity contribution in [2.45, 2.75) is 25.4 Å². The quantitative estimate of drug-likeness (QED) is 0.213. The first-order valence-electron chi connectivity index (χ1n) is 12.1. The van der Waals surface area contributed by atoms with Crippen LogP contribution in [0.25, 0.3) is 20.4 Å². The number of anilines is 1. The summed E-state index contributed by atoms with van der Waals surface area (Å²) in [5, 5.41) is 9.44. The summed E-state index contributed by atoms with van der Waals surface area (Å²) in [6, 6.07) is 9.61. The van der Waals surface area contributed by atoms with Crippen LogP contribution in [0, 0.1) is 11.3 Å². The lowest BCUT2D eigenvalue weighted by Crippen LogP contribution is -2.45. The number of hydrogen-bond acceptors (Lipinski definition) is 9.